The first-order chi connectivity index (χ1) is 11.6. The molecule has 2 aliphatic rings. The summed E-state index contributed by atoms with van der Waals surface area (Å²) < 4.78 is 11.0. The highest BCUT2D eigenvalue weighted by atomic mass is 16.6. The summed E-state index contributed by atoms with van der Waals surface area (Å²) in [5, 5.41) is 11.7. The third kappa shape index (κ3) is 3.38. The molecule has 3 amide bonds. The van der Waals surface area contributed by atoms with Crippen molar-refractivity contribution in [3.8, 4) is 11.5 Å². The molecule has 0 aliphatic carbocycles. The Morgan fingerprint density at radius 2 is 2.12 bits per heavy atom. The Morgan fingerprint density at radius 3 is 2.88 bits per heavy atom. The third-order valence-electron chi connectivity index (χ3n) is 4.07. The number of fused-ring (bicyclic) bond motifs is 1. The maximum atomic E-state index is 12.3. The van der Waals surface area contributed by atoms with Gasteiger partial charge in [-0.2, -0.15) is 0 Å². The van der Waals surface area contributed by atoms with Gasteiger partial charge in [-0.1, -0.05) is 0 Å². The van der Waals surface area contributed by atoms with Crippen molar-refractivity contribution >= 4 is 17.6 Å². The van der Waals surface area contributed by atoms with Gasteiger partial charge in [0.1, 0.15) is 13.2 Å². The molecule has 1 aromatic carbocycles. The average molecular weight is 335 g/mol. The monoisotopic (exact) mass is 335 g/mol. The summed E-state index contributed by atoms with van der Waals surface area (Å²) in [6.07, 6.45) is 0.243. The van der Waals surface area contributed by atoms with Crippen molar-refractivity contribution in [2.75, 3.05) is 44.9 Å². The average Bonchev–Trinajstić information content (AvgIpc) is 2.95. The fourth-order valence-corrected chi connectivity index (χ4v) is 2.79. The zero-order valence-corrected chi connectivity index (χ0v) is 13.5. The molecule has 1 aromatic rings. The number of anilines is 1. The number of urea groups is 1. The quantitative estimate of drug-likeness (QED) is 0.820. The van der Waals surface area contributed by atoms with Crippen molar-refractivity contribution in [1.29, 1.82) is 0 Å². The molecule has 24 heavy (non-hydrogen) atoms. The van der Waals surface area contributed by atoms with Crippen molar-refractivity contribution in [2.24, 2.45) is 0 Å². The van der Waals surface area contributed by atoms with E-state index in [2.05, 4.69) is 5.32 Å². The number of nitrogens with zero attached hydrogens (tertiary/aromatic N) is 2. The predicted molar refractivity (Wildman–Crippen MR) is 86.4 cm³/mol. The van der Waals surface area contributed by atoms with Crippen molar-refractivity contribution in [3.05, 3.63) is 18.2 Å². The Morgan fingerprint density at radius 1 is 1.38 bits per heavy atom. The summed E-state index contributed by atoms with van der Waals surface area (Å²) in [5.74, 6) is 1.25. The second-order valence-electron chi connectivity index (χ2n) is 5.83. The van der Waals surface area contributed by atoms with Gasteiger partial charge in [-0.25, -0.2) is 4.79 Å². The highest BCUT2D eigenvalue weighted by Gasteiger charge is 2.32. The zero-order chi connectivity index (χ0) is 17.1. The van der Waals surface area contributed by atoms with Gasteiger partial charge in [0.2, 0.25) is 5.91 Å². The standard InChI is InChI=1S/C16H21N3O5/c1-18(4-5-20)16(22)17-11-8-15(21)19(10-11)12-2-3-13-14(9-12)24-7-6-23-13/h2-3,9,11,20H,4-8,10H2,1H3,(H,17,22). The molecule has 1 unspecified atom stereocenters. The lowest BCUT2D eigenvalue weighted by atomic mass is 10.2. The summed E-state index contributed by atoms with van der Waals surface area (Å²) in [4.78, 5) is 27.3. The molecule has 1 atom stereocenters. The Kier molecular flexibility index (Phi) is 4.75. The molecular formula is C16H21N3O5. The SMILES string of the molecule is CN(CCO)C(=O)NC1CC(=O)N(c2ccc3c(c2)OCCO3)C1. The molecule has 2 N–H and O–H groups in total. The molecule has 8 heteroatoms. The number of hydrogen-bond donors (Lipinski definition) is 2. The number of carbonyl (C=O) groups is 2. The van der Waals surface area contributed by atoms with E-state index in [1.165, 1.54) is 4.90 Å². The maximum Gasteiger partial charge on any atom is 0.317 e. The fraction of sp³-hybridized carbons (Fsp3) is 0.500. The maximum absolute atomic E-state index is 12.3. The van der Waals surface area contributed by atoms with E-state index in [4.69, 9.17) is 14.6 Å². The Bertz CT molecular complexity index is 636. The Hall–Kier alpha value is -2.48. The second-order valence-corrected chi connectivity index (χ2v) is 5.83. The minimum Gasteiger partial charge on any atom is -0.486 e. The van der Waals surface area contributed by atoms with Crippen LogP contribution in [-0.4, -0.2) is 67.9 Å². The molecule has 8 nitrogen and oxygen atoms in total. The van der Waals surface area contributed by atoms with Crippen molar-refractivity contribution in [1.82, 2.24) is 10.2 Å². The Labute approximate surface area is 139 Å². The molecule has 0 aromatic heterocycles. The lowest BCUT2D eigenvalue weighted by Gasteiger charge is -2.23. The number of amides is 3. The Balaban J connectivity index is 1.66. The molecule has 3 rings (SSSR count). The summed E-state index contributed by atoms with van der Waals surface area (Å²) in [6, 6.07) is 4.82. The number of rotatable bonds is 4. The molecule has 0 saturated carbocycles. The zero-order valence-electron chi connectivity index (χ0n) is 13.5. The highest BCUT2D eigenvalue weighted by Crippen LogP contribution is 2.35. The molecule has 0 radical (unpaired) electrons. The highest BCUT2D eigenvalue weighted by molar-refractivity contribution is 5.97. The van der Waals surface area contributed by atoms with E-state index in [0.717, 1.165) is 5.69 Å². The minimum atomic E-state index is -0.300. The van der Waals surface area contributed by atoms with Crippen LogP contribution < -0.4 is 19.7 Å². The van der Waals surface area contributed by atoms with E-state index in [0.29, 0.717) is 31.3 Å². The number of nitrogens with one attached hydrogen (secondary N) is 1. The number of aliphatic hydroxyl groups excluding tert-OH is 1. The summed E-state index contributed by atoms with van der Waals surface area (Å²) in [7, 11) is 1.60. The van der Waals surface area contributed by atoms with Crippen LogP contribution >= 0.6 is 0 Å². The van der Waals surface area contributed by atoms with Gasteiger partial charge in [-0.05, 0) is 12.1 Å². The first-order valence-corrected chi connectivity index (χ1v) is 7.91. The lowest BCUT2D eigenvalue weighted by Crippen LogP contribution is -2.45. The third-order valence-corrected chi connectivity index (χ3v) is 4.07. The van der Waals surface area contributed by atoms with Crippen LogP contribution in [0.2, 0.25) is 0 Å². The molecule has 0 spiro atoms. The molecule has 2 heterocycles. The predicted octanol–water partition coefficient (Wildman–Crippen LogP) is 0.197. The van der Waals surface area contributed by atoms with Gasteiger partial charge >= 0.3 is 6.03 Å². The summed E-state index contributed by atoms with van der Waals surface area (Å²) in [5.41, 5.74) is 0.727. The summed E-state index contributed by atoms with van der Waals surface area (Å²) in [6.45, 7) is 1.55. The van der Waals surface area contributed by atoms with E-state index in [1.807, 2.05) is 6.07 Å². The van der Waals surface area contributed by atoms with Crippen molar-refractivity contribution in [3.63, 3.8) is 0 Å². The van der Waals surface area contributed by atoms with Crippen LogP contribution in [0.5, 0.6) is 11.5 Å². The van der Waals surface area contributed by atoms with Gasteiger partial charge in [0.05, 0.1) is 12.6 Å². The number of aliphatic hydroxyl groups is 1. The number of carbonyl (C=O) groups excluding carboxylic acids is 2. The molecule has 130 valence electrons. The van der Waals surface area contributed by atoms with Crippen LogP contribution in [0.25, 0.3) is 0 Å². The van der Waals surface area contributed by atoms with Gasteiger partial charge in [0.15, 0.2) is 11.5 Å². The van der Waals surface area contributed by atoms with Gasteiger partial charge in [0, 0.05) is 38.3 Å². The van der Waals surface area contributed by atoms with Crippen LogP contribution in [0.15, 0.2) is 18.2 Å². The van der Waals surface area contributed by atoms with E-state index in [-0.39, 0.29) is 37.6 Å². The van der Waals surface area contributed by atoms with Crippen LogP contribution in [0.3, 0.4) is 0 Å². The lowest BCUT2D eigenvalue weighted by molar-refractivity contribution is -0.117. The smallest absolute Gasteiger partial charge is 0.317 e. The molecule has 1 fully saturated rings. The van der Waals surface area contributed by atoms with Crippen molar-refractivity contribution in [2.45, 2.75) is 12.5 Å². The fourth-order valence-electron chi connectivity index (χ4n) is 2.79. The van der Waals surface area contributed by atoms with E-state index < -0.39 is 0 Å². The number of hydrogen-bond acceptors (Lipinski definition) is 5. The van der Waals surface area contributed by atoms with E-state index >= 15 is 0 Å². The largest absolute Gasteiger partial charge is 0.486 e. The first-order valence-electron chi connectivity index (χ1n) is 7.91. The molecular weight excluding hydrogens is 314 g/mol. The molecule has 1 saturated heterocycles. The molecule has 0 bridgehead atoms. The van der Waals surface area contributed by atoms with Gasteiger partial charge in [0.25, 0.3) is 0 Å². The first kappa shape index (κ1) is 16.4. The van der Waals surface area contributed by atoms with E-state index in [1.54, 1.807) is 24.1 Å². The van der Waals surface area contributed by atoms with Crippen LogP contribution in [0.1, 0.15) is 6.42 Å². The van der Waals surface area contributed by atoms with Gasteiger partial charge < -0.3 is 29.7 Å². The molecule has 2 aliphatic heterocycles. The van der Waals surface area contributed by atoms with Crippen LogP contribution in [0.4, 0.5) is 10.5 Å². The second kappa shape index (κ2) is 6.96. The topological polar surface area (TPSA) is 91.3 Å². The van der Waals surface area contributed by atoms with Gasteiger partial charge in [-0.15, -0.1) is 0 Å². The number of likely N-dealkylation sites (N-methyl/N-ethyl adjacent to an activating group) is 1. The minimum absolute atomic E-state index is 0.0539. The van der Waals surface area contributed by atoms with Crippen LogP contribution in [0, 0.1) is 0 Å². The summed E-state index contributed by atoms with van der Waals surface area (Å²) >= 11 is 0. The normalized spacial score (nSPS) is 19.3. The van der Waals surface area contributed by atoms with Crippen LogP contribution in [-0.2, 0) is 4.79 Å². The van der Waals surface area contributed by atoms with Crippen molar-refractivity contribution < 1.29 is 24.2 Å². The van der Waals surface area contributed by atoms with Gasteiger partial charge in [-0.3, -0.25) is 4.79 Å². The number of ether oxygens (including phenoxy) is 2. The van der Waals surface area contributed by atoms with E-state index in [9.17, 15) is 9.59 Å². The number of benzene rings is 1.